The Kier molecular flexibility index (Phi) is 6.10. The number of sulfonamides is 1. The summed E-state index contributed by atoms with van der Waals surface area (Å²) in [6, 6.07) is 1.35. The van der Waals surface area contributed by atoms with Gasteiger partial charge < -0.3 is 5.73 Å². The first-order valence-corrected chi connectivity index (χ1v) is 8.46. The first-order valence-electron chi connectivity index (χ1n) is 7.02. The van der Waals surface area contributed by atoms with E-state index in [0.29, 0.717) is 12.6 Å². The maximum absolute atomic E-state index is 13.8. The van der Waals surface area contributed by atoms with Crippen molar-refractivity contribution in [2.75, 3.05) is 18.8 Å². The third-order valence-electron chi connectivity index (χ3n) is 3.64. The normalized spacial score (nSPS) is 12.3. The Morgan fingerprint density at radius 2 is 1.71 bits per heavy atom. The van der Waals surface area contributed by atoms with Gasteiger partial charge in [-0.2, -0.15) is 4.31 Å². The predicted octanol–water partition coefficient (Wildman–Crippen LogP) is 2.99. The predicted molar refractivity (Wildman–Crippen MR) is 79.3 cm³/mol. The largest absolute Gasteiger partial charge is 0.396 e. The van der Waals surface area contributed by atoms with Crippen LogP contribution in [0.25, 0.3) is 0 Å². The van der Waals surface area contributed by atoms with Crippen molar-refractivity contribution >= 4 is 15.7 Å². The van der Waals surface area contributed by atoms with E-state index in [1.165, 1.54) is 4.31 Å². The maximum Gasteiger partial charge on any atom is 0.246 e. The van der Waals surface area contributed by atoms with Crippen LogP contribution in [0, 0.1) is 17.6 Å². The Labute approximate surface area is 125 Å². The van der Waals surface area contributed by atoms with Crippen molar-refractivity contribution in [3.8, 4) is 0 Å². The van der Waals surface area contributed by atoms with Crippen LogP contribution in [0.5, 0.6) is 0 Å². The van der Waals surface area contributed by atoms with E-state index in [1.54, 1.807) is 6.92 Å². The second-order valence-electron chi connectivity index (χ2n) is 4.94. The monoisotopic (exact) mass is 320 g/mol. The zero-order valence-electron chi connectivity index (χ0n) is 12.6. The third-order valence-corrected chi connectivity index (χ3v) is 5.59. The zero-order valence-corrected chi connectivity index (χ0v) is 13.4. The van der Waals surface area contributed by atoms with E-state index < -0.39 is 26.6 Å². The van der Waals surface area contributed by atoms with Crippen LogP contribution in [0.1, 0.15) is 33.6 Å². The lowest BCUT2D eigenvalue weighted by molar-refractivity contribution is 0.338. The Balaban J connectivity index is 3.22. The molecule has 0 radical (unpaired) electrons. The topological polar surface area (TPSA) is 63.4 Å². The van der Waals surface area contributed by atoms with Gasteiger partial charge in [0, 0.05) is 19.2 Å². The summed E-state index contributed by atoms with van der Waals surface area (Å²) in [6.45, 7) is 6.17. The summed E-state index contributed by atoms with van der Waals surface area (Å²) in [5.74, 6) is -1.89. The molecule has 0 bridgehead atoms. The van der Waals surface area contributed by atoms with Crippen LogP contribution in [0.4, 0.5) is 14.5 Å². The second-order valence-corrected chi connectivity index (χ2v) is 6.85. The zero-order chi connectivity index (χ0) is 16.2. The van der Waals surface area contributed by atoms with Gasteiger partial charge in [0.1, 0.15) is 16.5 Å². The minimum absolute atomic E-state index is 0.195. The molecule has 0 fully saturated rings. The molecule has 1 aromatic carbocycles. The van der Waals surface area contributed by atoms with Crippen molar-refractivity contribution in [3.63, 3.8) is 0 Å². The number of nitrogens with zero attached hydrogens (tertiary/aromatic N) is 1. The van der Waals surface area contributed by atoms with E-state index in [9.17, 15) is 17.2 Å². The van der Waals surface area contributed by atoms with Crippen molar-refractivity contribution in [2.24, 2.45) is 5.92 Å². The van der Waals surface area contributed by atoms with Crippen molar-refractivity contribution in [1.82, 2.24) is 4.31 Å². The van der Waals surface area contributed by atoms with Crippen molar-refractivity contribution in [2.45, 2.75) is 38.5 Å². The number of hydrogen-bond donors (Lipinski definition) is 1. The smallest absolute Gasteiger partial charge is 0.246 e. The molecule has 1 rings (SSSR count). The number of anilines is 1. The van der Waals surface area contributed by atoms with E-state index in [1.807, 2.05) is 13.8 Å². The summed E-state index contributed by atoms with van der Waals surface area (Å²) in [4.78, 5) is -0.575. The fourth-order valence-corrected chi connectivity index (χ4v) is 3.72. The Hall–Kier alpha value is -1.21. The van der Waals surface area contributed by atoms with Gasteiger partial charge in [0.25, 0.3) is 0 Å². The molecule has 0 aliphatic rings. The summed E-state index contributed by atoms with van der Waals surface area (Å²) in [5.41, 5.74) is 4.98. The van der Waals surface area contributed by atoms with Crippen molar-refractivity contribution < 1.29 is 17.2 Å². The minimum atomic E-state index is -4.02. The molecule has 0 heterocycles. The van der Waals surface area contributed by atoms with E-state index in [0.717, 1.165) is 18.9 Å². The Morgan fingerprint density at radius 3 is 2.19 bits per heavy atom. The molecule has 0 saturated heterocycles. The van der Waals surface area contributed by atoms with Crippen molar-refractivity contribution in [1.29, 1.82) is 0 Å². The second kappa shape index (κ2) is 7.17. The molecule has 7 heteroatoms. The van der Waals surface area contributed by atoms with Gasteiger partial charge in [-0.3, -0.25) is 0 Å². The highest BCUT2D eigenvalue weighted by molar-refractivity contribution is 7.89. The highest BCUT2D eigenvalue weighted by Crippen LogP contribution is 2.25. The first kappa shape index (κ1) is 17.8. The van der Waals surface area contributed by atoms with Crippen LogP contribution in [-0.4, -0.2) is 25.8 Å². The van der Waals surface area contributed by atoms with E-state index in [2.05, 4.69) is 0 Å². The molecule has 0 aromatic heterocycles. The molecule has 0 saturated carbocycles. The minimum Gasteiger partial charge on any atom is -0.396 e. The average molecular weight is 320 g/mol. The van der Waals surface area contributed by atoms with Gasteiger partial charge in [-0.1, -0.05) is 33.6 Å². The molecule has 0 unspecified atom stereocenters. The molecule has 0 atom stereocenters. The molecule has 0 aliphatic heterocycles. The SMILES string of the molecule is CCC(CC)CN(CC)S(=O)(=O)c1cc(N)c(F)cc1F. The van der Waals surface area contributed by atoms with Crippen LogP contribution in [0.3, 0.4) is 0 Å². The molecular weight excluding hydrogens is 298 g/mol. The molecule has 21 heavy (non-hydrogen) atoms. The molecule has 0 amide bonds. The standard InChI is InChI=1S/C14H22F2N2O2S/c1-4-10(5-2)9-18(6-3)21(19,20)14-8-13(17)11(15)7-12(14)16/h7-8,10H,4-6,9,17H2,1-3H3. The van der Waals surface area contributed by atoms with E-state index in [4.69, 9.17) is 5.73 Å². The number of benzene rings is 1. The molecule has 120 valence electrons. The third kappa shape index (κ3) is 3.91. The van der Waals surface area contributed by atoms with Crippen LogP contribution < -0.4 is 5.73 Å². The summed E-state index contributed by atoms with van der Waals surface area (Å²) in [6.07, 6.45) is 1.66. The lowest BCUT2D eigenvalue weighted by atomic mass is 10.0. The highest BCUT2D eigenvalue weighted by atomic mass is 32.2. The van der Waals surface area contributed by atoms with Gasteiger partial charge in [0.15, 0.2) is 0 Å². The van der Waals surface area contributed by atoms with E-state index >= 15 is 0 Å². The summed E-state index contributed by atoms with van der Waals surface area (Å²) in [7, 11) is -4.02. The number of nitrogen functional groups attached to an aromatic ring is 1. The Bertz CT molecular complexity index is 587. The number of halogens is 2. The molecule has 2 N–H and O–H groups in total. The van der Waals surface area contributed by atoms with Gasteiger partial charge in [0.2, 0.25) is 10.0 Å². The van der Waals surface area contributed by atoms with Gasteiger partial charge in [0.05, 0.1) is 5.69 Å². The summed E-state index contributed by atoms with van der Waals surface area (Å²) >= 11 is 0. The highest BCUT2D eigenvalue weighted by Gasteiger charge is 2.28. The van der Waals surface area contributed by atoms with Gasteiger partial charge in [-0.05, 0) is 12.0 Å². The molecule has 1 aromatic rings. The lowest BCUT2D eigenvalue weighted by Gasteiger charge is -2.25. The van der Waals surface area contributed by atoms with Gasteiger partial charge >= 0.3 is 0 Å². The van der Waals surface area contributed by atoms with Crippen LogP contribution in [-0.2, 0) is 10.0 Å². The quantitative estimate of drug-likeness (QED) is 0.786. The van der Waals surface area contributed by atoms with Gasteiger partial charge in [-0.15, -0.1) is 0 Å². The first-order chi connectivity index (χ1) is 9.77. The van der Waals surface area contributed by atoms with Crippen LogP contribution in [0.2, 0.25) is 0 Å². The lowest BCUT2D eigenvalue weighted by Crippen LogP contribution is -2.35. The number of rotatable bonds is 7. The van der Waals surface area contributed by atoms with E-state index in [-0.39, 0.29) is 18.2 Å². The number of nitrogens with two attached hydrogens (primary N) is 1. The Morgan fingerprint density at radius 1 is 1.14 bits per heavy atom. The van der Waals surface area contributed by atoms with Crippen LogP contribution >= 0.6 is 0 Å². The molecule has 0 aliphatic carbocycles. The molecule has 0 spiro atoms. The fraction of sp³-hybridized carbons (Fsp3) is 0.571. The fourth-order valence-electron chi connectivity index (χ4n) is 2.11. The maximum atomic E-state index is 13.8. The number of hydrogen-bond acceptors (Lipinski definition) is 3. The van der Waals surface area contributed by atoms with Gasteiger partial charge in [-0.25, -0.2) is 17.2 Å². The summed E-state index contributed by atoms with van der Waals surface area (Å²) < 4.78 is 53.3. The average Bonchev–Trinajstić information content (AvgIpc) is 2.43. The summed E-state index contributed by atoms with van der Waals surface area (Å²) in [5, 5.41) is 0. The molecular formula is C14H22F2N2O2S. The molecule has 4 nitrogen and oxygen atoms in total. The van der Waals surface area contributed by atoms with Crippen LogP contribution in [0.15, 0.2) is 17.0 Å². The van der Waals surface area contributed by atoms with Crippen molar-refractivity contribution in [3.05, 3.63) is 23.8 Å².